The molecule has 0 radical (unpaired) electrons. The van der Waals surface area contributed by atoms with E-state index in [1.54, 1.807) is 6.07 Å². The third kappa shape index (κ3) is 1.62. The molecule has 5 rings (SSSR count). The van der Waals surface area contributed by atoms with Crippen LogP contribution in [0, 0.1) is 12.8 Å². The number of benzene rings is 1. The predicted octanol–water partition coefficient (Wildman–Crippen LogP) is 3.00. The Kier molecular flexibility index (Phi) is 2.61. The van der Waals surface area contributed by atoms with Gasteiger partial charge in [0, 0.05) is 36.1 Å². The van der Waals surface area contributed by atoms with E-state index in [0.29, 0.717) is 11.7 Å². The number of aryl methyl sites for hydroxylation is 1. The van der Waals surface area contributed by atoms with E-state index in [-0.39, 0.29) is 0 Å². The molecule has 4 heterocycles. The standard InChI is InChI=1S/C17H22N2O/c1-11-17(15-10-19-7-5-12(15)6-8-19)14-9-13(20)3-4-16(14)18(11)2/h3-4,9,12,15,20H,5-8,10H2,1-2H3. The van der Waals surface area contributed by atoms with Crippen molar-refractivity contribution < 1.29 is 5.11 Å². The maximum Gasteiger partial charge on any atom is 0.116 e. The number of rotatable bonds is 1. The minimum absolute atomic E-state index is 0.380. The molecule has 1 unspecified atom stereocenters. The lowest BCUT2D eigenvalue weighted by molar-refractivity contribution is 0.0873. The van der Waals surface area contributed by atoms with Crippen molar-refractivity contribution in [2.45, 2.75) is 25.7 Å². The zero-order valence-corrected chi connectivity index (χ0v) is 12.3. The fourth-order valence-corrected chi connectivity index (χ4v) is 4.35. The quantitative estimate of drug-likeness (QED) is 0.863. The molecule has 1 aromatic carbocycles. The lowest BCUT2D eigenvalue weighted by Crippen LogP contribution is -2.46. The van der Waals surface area contributed by atoms with E-state index in [1.807, 2.05) is 12.1 Å². The highest BCUT2D eigenvalue weighted by atomic mass is 16.3. The van der Waals surface area contributed by atoms with Crippen LogP contribution < -0.4 is 0 Å². The molecule has 2 aromatic rings. The van der Waals surface area contributed by atoms with Gasteiger partial charge in [0.2, 0.25) is 0 Å². The predicted molar refractivity (Wildman–Crippen MR) is 81.2 cm³/mol. The van der Waals surface area contributed by atoms with Crippen molar-refractivity contribution in [3.05, 3.63) is 29.5 Å². The van der Waals surface area contributed by atoms with E-state index in [1.165, 1.54) is 54.6 Å². The normalized spacial score (nSPS) is 29.2. The van der Waals surface area contributed by atoms with Crippen LogP contribution in [0.4, 0.5) is 0 Å². The highest BCUT2D eigenvalue weighted by molar-refractivity contribution is 5.87. The second kappa shape index (κ2) is 4.26. The monoisotopic (exact) mass is 270 g/mol. The van der Waals surface area contributed by atoms with Crippen LogP contribution >= 0.6 is 0 Å². The van der Waals surface area contributed by atoms with E-state index >= 15 is 0 Å². The van der Waals surface area contributed by atoms with Crippen LogP contribution in [0.3, 0.4) is 0 Å². The molecule has 3 nitrogen and oxygen atoms in total. The molecule has 3 aliphatic rings. The highest BCUT2D eigenvalue weighted by Crippen LogP contribution is 2.43. The van der Waals surface area contributed by atoms with Crippen molar-refractivity contribution in [1.29, 1.82) is 0 Å². The van der Waals surface area contributed by atoms with Crippen LogP contribution in [-0.4, -0.2) is 34.2 Å². The Morgan fingerprint density at radius 1 is 1.20 bits per heavy atom. The maximum atomic E-state index is 9.87. The molecule has 0 aliphatic carbocycles. The molecule has 3 aliphatic heterocycles. The number of fused-ring (bicyclic) bond motifs is 4. The third-order valence-corrected chi connectivity index (χ3v) is 5.55. The molecule has 0 amide bonds. The second-order valence-electron chi connectivity index (χ2n) is 6.50. The lowest BCUT2D eigenvalue weighted by atomic mass is 9.75. The van der Waals surface area contributed by atoms with Gasteiger partial charge in [0.25, 0.3) is 0 Å². The first-order chi connectivity index (χ1) is 9.65. The van der Waals surface area contributed by atoms with Crippen LogP contribution in [-0.2, 0) is 7.05 Å². The summed E-state index contributed by atoms with van der Waals surface area (Å²) in [5, 5.41) is 11.1. The summed E-state index contributed by atoms with van der Waals surface area (Å²) in [6.07, 6.45) is 2.67. The van der Waals surface area contributed by atoms with Crippen molar-refractivity contribution in [2.75, 3.05) is 19.6 Å². The van der Waals surface area contributed by atoms with Crippen molar-refractivity contribution >= 4 is 10.9 Å². The lowest BCUT2D eigenvalue weighted by Gasteiger charge is -2.45. The van der Waals surface area contributed by atoms with E-state index < -0.39 is 0 Å². The number of phenols is 1. The Bertz CT molecular complexity index is 665. The van der Waals surface area contributed by atoms with Gasteiger partial charge in [-0.2, -0.15) is 0 Å². The number of hydrogen-bond acceptors (Lipinski definition) is 2. The Hall–Kier alpha value is -1.48. The molecule has 1 atom stereocenters. The highest BCUT2D eigenvalue weighted by Gasteiger charge is 2.37. The topological polar surface area (TPSA) is 28.4 Å². The Morgan fingerprint density at radius 2 is 1.95 bits per heavy atom. The third-order valence-electron chi connectivity index (χ3n) is 5.55. The van der Waals surface area contributed by atoms with Gasteiger partial charge >= 0.3 is 0 Å². The second-order valence-corrected chi connectivity index (χ2v) is 6.50. The molecule has 0 saturated carbocycles. The van der Waals surface area contributed by atoms with Crippen LogP contribution in [0.2, 0.25) is 0 Å². The molecule has 3 heteroatoms. The Labute approximate surface area is 119 Å². The molecule has 3 saturated heterocycles. The molecular weight excluding hydrogens is 248 g/mol. The van der Waals surface area contributed by atoms with E-state index in [4.69, 9.17) is 0 Å². The molecule has 3 fully saturated rings. The number of hydrogen-bond donors (Lipinski definition) is 1. The van der Waals surface area contributed by atoms with Crippen LogP contribution in [0.15, 0.2) is 18.2 Å². The smallest absolute Gasteiger partial charge is 0.116 e. The molecular formula is C17H22N2O. The molecule has 1 N–H and O–H groups in total. The summed E-state index contributed by atoms with van der Waals surface area (Å²) in [5.41, 5.74) is 4.09. The van der Waals surface area contributed by atoms with Crippen molar-refractivity contribution in [3.63, 3.8) is 0 Å². The number of nitrogens with zero attached hydrogens (tertiary/aromatic N) is 2. The van der Waals surface area contributed by atoms with Gasteiger partial charge in [0.05, 0.1) is 0 Å². The fourth-order valence-electron chi connectivity index (χ4n) is 4.35. The number of aromatic nitrogens is 1. The minimum Gasteiger partial charge on any atom is -0.508 e. The summed E-state index contributed by atoms with van der Waals surface area (Å²) in [4.78, 5) is 2.60. The zero-order chi connectivity index (χ0) is 13.9. The van der Waals surface area contributed by atoms with Gasteiger partial charge in [0.15, 0.2) is 0 Å². The average Bonchev–Trinajstić information content (AvgIpc) is 2.71. The number of phenolic OH excluding ortho intramolecular Hbond substituents is 1. The van der Waals surface area contributed by atoms with Crippen molar-refractivity contribution in [2.24, 2.45) is 13.0 Å². The molecule has 1 aromatic heterocycles. The SMILES string of the molecule is Cc1c(C2CN3CCC2CC3)c2cc(O)ccc2n1C. The minimum atomic E-state index is 0.380. The van der Waals surface area contributed by atoms with Gasteiger partial charge in [-0.15, -0.1) is 0 Å². The summed E-state index contributed by atoms with van der Waals surface area (Å²) < 4.78 is 2.28. The van der Waals surface area contributed by atoms with Crippen molar-refractivity contribution in [3.8, 4) is 5.75 Å². The maximum absolute atomic E-state index is 9.87. The fraction of sp³-hybridized carbons (Fsp3) is 0.529. The van der Waals surface area contributed by atoms with Gasteiger partial charge in [-0.1, -0.05) is 0 Å². The summed E-state index contributed by atoms with van der Waals surface area (Å²) >= 11 is 0. The first-order valence-corrected chi connectivity index (χ1v) is 7.65. The summed E-state index contributed by atoms with van der Waals surface area (Å²) in [7, 11) is 2.14. The molecule has 0 spiro atoms. The van der Waals surface area contributed by atoms with E-state index in [2.05, 4.69) is 23.4 Å². The van der Waals surface area contributed by atoms with E-state index in [9.17, 15) is 5.11 Å². The van der Waals surface area contributed by atoms with Crippen LogP contribution in [0.25, 0.3) is 10.9 Å². The Morgan fingerprint density at radius 3 is 2.60 bits per heavy atom. The largest absolute Gasteiger partial charge is 0.508 e. The summed E-state index contributed by atoms with van der Waals surface area (Å²) in [5.74, 6) is 1.85. The Balaban J connectivity index is 1.91. The van der Waals surface area contributed by atoms with E-state index in [0.717, 1.165) is 5.92 Å². The summed E-state index contributed by atoms with van der Waals surface area (Å²) in [6.45, 7) is 5.97. The number of piperidine rings is 3. The van der Waals surface area contributed by atoms with Gasteiger partial charge in [-0.25, -0.2) is 0 Å². The van der Waals surface area contributed by atoms with Crippen LogP contribution in [0.1, 0.15) is 30.0 Å². The molecule has 20 heavy (non-hydrogen) atoms. The number of aromatic hydroxyl groups is 1. The first-order valence-electron chi connectivity index (χ1n) is 7.65. The first kappa shape index (κ1) is 12.3. The van der Waals surface area contributed by atoms with Crippen LogP contribution in [0.5, 0.6) is 5.75 Å². The van der Waals surface area contributed by atoms with Crippen molar-refractivity contribution in [1.82, 2.24) is 9.47 Å². The van der Waals surface area contributed by atoms with Gasteiger partial charge in [-0.3, -0.25) is 0 Å². The van der Waals surface area contributed by atoms with Gasteiger partial charge in [0.1, 0.15) is 5.75 Å². The van der Waals surface area contributed by atoms with Gasteiger partial charge in [-0.05, 0) is 62.5 Å². The van der Waals surface area contributed by atoms with Gasteiger partial charge < -0.3 is 14.6 Å². The average molecular weight is 270 g/mol. The molecule has 2 bridgehead atoms. The summed E-state index contributed by atoms with van der Waals surface area (Å²) in [6, 6.07) is 5.79. The zero-order valence-electron chi connectivity index (χ0n) is 12.3. The molecule has 106 valence electrons.